The first-order chi connectivity index (χ1) is 9.29. The van der Waals surface area contributed by atoms with Crippen LogP contribution in [-0.4, -0.2) is 13.4 Å². The quantitative estimate of drug-likeness (QED) is 0.825. The first kappa shape index (κ1) is 14.7. The van der Waals surface area contributed by atoms with E-state index < -0.39 is 15.8 Å². The molecule has 0 radical (unpaired) electrons. The Morgan fingerprint density at radius 2 is 2.05 bits per heavy atom. The van der Waals surface area contributed by atoms with Crippen LogP contribution in [-0.2, 0) is 10.0 Å². The van der Waals surface area contributed by atoms with E-state index in [2.05, 4.69) is 25.6 Å². The standard InChI is InChI=1S/C12H11BrFN3O2S/c1-7-2-3-12(16-6-7)17-20(18,19)11-4-8(13)9(14)5-10(11)15/h2-6H,15H2,1H3,(H,16,17). The molecule has 1 aromatic heterocycles. The minimum absolute atomic E-state index is 0.0175. The normalized spacial score (nSPS) is 11.3. The number of nitrogen functional groups attached to an aromatic ring is 1. The van der Waals surface area contributed by atoms with Crippen LogP contribution >= 0.6 is 15.9 Å². The lowest BCUT2D eigenvalue weighted by Crippen LogP contribution is -2.16. The number of benzene rings is 1. The van der Waals surface area contributed by atoms with Gasteiger partial charge in [0.25, 0.3) is 10.0 Å². The van der Waals surface area contributed by atoms with Crippen LogP contribution in [0.2, 0.25) is 0 Å². The van der Waals surface area contributed by atoms with Crippen LogP contribution in [0.25, 0.3) is 0 Å². The second-order valence-corrected chi connectivity index (χ2v) is 6.64. The van der Waals surface area contributed by atoms with Gasteiger partial charge in [0, 0.05) is 6.20 Å². The van der Waals surface area contributed by atoms with Crippen molar-refractivity contribution in [1.82, 2.24) is 4.98 Å². The number of rotatable bonds is 3. The third-order valence-corrected chi connectivity index (χ3v) is 4.51. The highest BCUT2D eigenvalue weighted by molar-refractivity contribution is 9.10. The Labute approximate surface area is 124 Å². The highest BCUT2D eigenvalue weighted by Crippen LogP contribution is 2.27. The Balaban J connectivity index is 2.40. The Hall–Kier alpha value is -1.67. The number of pyridine rings is 1. The molecular weight excluding hydrogens is 349 g/mol. The fraction of sp³-hybridized carbons (Fsp3) is 0.0833. The fourth-order valence-electron chi connectivity index (χ4n) is 1.50. The Bertz CT molecular complexity index is 748. The maximum atomic E-state index is 13.3. The number of anilines is 2. The number of hydrogen-bond donors (Lipinski definition) is 2. The SMILES string of the molecule is Cc1ccc(NS(=O)(=O)c2cc(Br)c(F)cc2N)nc1. The molecule has 0 aliphatic rings. The first-order valence-electron chi connectivity index (χ1n) is 5.49. The van der Waals surface area contributed by atoms with Gasteiger partial charge in [-0.05, 0) is 46.6 Å². The molecule has 20 heavy (non-hydrogen) atoms. The summed E-state index contributed by atoms with van der Waals surface area (Å²) in [6.45, 7) is 1.83. The van der Waals surface area contributed by atoms with E-state index in [0.29, 0.717) is 0 Å². The van der Waals surface area contributed by atoms with E-state index >= 15 is 0 Å². The number of hydrogen-bond acceptors (Lipinski definition) is 4. The topological polar surface area (TPSA) is 85.1 Å². The second-order valence-electron chi connectivity index (χ2n) is 4.13. The predicted octanol–water partition coefficient (Wildman–Crippen LogP) is 2.67. The molecule has 0 saturated heterocycles. The van der Waals surface area contributed by atoms with Gasteiger partial charge in [0.1, 0.15) is 16.5 Å². The predicted molar refractivity (Wildman–Crippen MR) is 78.3 cm³/mol. The maximum absolute atomic E-state index is 13.3. The third kappa shape index (κ3) is 3.07. The van der Waals surface area contributed by atoms with Crippen LogP contribution in [0.3, 0.4) is 0 Å². The lowest BCUT2D eigenvalue weighted by molar-refractivity contribution is 0.599. The van der Waals surface area contributed by atoms with E-state index in [1.54, 1.807) is 6.07 Å². The summed E-state index contributed by atoms with van der Waals surface area (Å²) < 4.78 is 40.0. The van der Waals surface area contributed by atoms with Crippen LogP contribution in [0.1, 0.15) is 5.56 Å². The minimum atomic E-state index is -3.93. The van der Waals surface area contributed by atoms with Gasteiger partial charge in [-0.25, -0.2) is 17.8 Å². The van der Waals surface area contributed by atoms with E-state index in [1.807, 2.05) is 6.92 Å². The molecule has 0 fully saturated rings. The van der Waals surface area contributed by atoms with E-state index in [-0.39, 0.29) is 20.9 Å². The van der Waals surface area contributed by atoms with Crippen LogP contribution < -0.4 is 10.5 Å². The van der Waals surface area contributed by atoms with Gasteiger partial charge in [0.05, 0.1) is 10.2 Å². The molecule has 0 unspecified atom stereocenters. The largest absolute Gasteiger partial charge is 0.398 e. The second kappa shape index (κ2) is 5.37. The molecule has 8 heteroatoms. The molecule has 106 valence electrons. The fourth-order valence-corrected chi connectivity index (χ4v) is 3.14. The number of nitrogens with two attached hydrogens (primary N) is 1. The van der Waals surface area contributed by atoms with E-state index in [9.17, 15) is 12.8 Å². The van der Waals surface area contributed by atoms with Crippen molar-refractivity contribution in [3.05, 3.63) is 46.3 Å². The number of aryl methyl sites for hydroxylation is 1. The monoisotopic (exact) mass is 359 g/mol. The minimum Gasteiger partial charge on any atom is -0.398 e. The summed E-state index contributed by atoms with van der Waals surface area (Å²) in [6.07, 6.45) is 1.53. The molecule has 5 nitrogen and oxygen atoms in total. The number of nitrogens with zero attached hydrogens (tertiary/aromatic N) is 1. The van der Waals surface area contributed by atoms with Crippen molar-refractivity contribution in [3.63, 3.8) is 0 Å². The van der Waals surface area contributed by atoms with Crippen molar-refractivity contribution in [2.24, 2.45) is 0 Å². The molecule has 0 bridgehead atoms. The molecule has 0 aliphatic carbocycles. The molecule has 0 spiro atoms. The summed E-state index contributed by atoms with van der Waals surface area (Å²) in [7, 11) is -3.93. The van der Waals surface area contributed by atoms with Gasteiger partial charge in [0.15, 0.2) is 0 Å². The van der Waals surface area contributed by atoms with E-state index in [4.69, 9.17) is 5.73 Å². The average molecular weight is 360 g/mol. The van der Waals surface area contributed by atoms with Crippen molar-refractivity contribution in [1.29, 1.82) is 0 Å². The molecule has 2 rings (SSSR count). The molecule has 0 atom stereocenters. The Kier molecular flexibility index (Phi) is 3.96. The van der Waals surface area contributed by atoms with Gasteiger partial charge in [-0.2, -0.15) is 0 Å². The summed E-state index contributed by atoms with van der Waals surface area (Å²) in [5.41, 5.74) is 6.28. The van der Waals surface area contributed by atoms with Crippen molar-refractivity contribution < 1.29 is 12.8 Å². The molecule has 0 amide bonds. The maximum Gasteiger partial charge on any atom is 0.265 e. The van der Waals surface area contributed by atoms with Gasteiger partial charge < -0.3 is 5.73 Å². The number of halogens is 2. The van der Waals surface area contributed by atoms with Gasteiger partial charge in [0.2, 0.25) is 0 Å². The van der Waals surface area contributed by atoms with Crippen molar-refractivity contribution in [2.45, 2.75) is 11.8 Å². The molecular formula is C12H11BrFN3O2S. The molecule has 1 heterocycles. The summed E-state index contributed by atoms with van der Waals surface area (Å²) in [5.74, 6) is -0.467. The lowest BCUT2D eigenvalue weighted by atomic mass is 10.3. The Morgan fingerprint density at radius 1 is 1.35 bits per heavy atom. The molecule has 3 N–H and O–H groups in total. The summed E-state index contributed by atoms with van der Waals surface area (Å²) in [6, 6.07) is 5.30. The number of nitrogens with one attached hydrogen (secondary N) is 1. The van der Waals surface area contributed by atoms with Crippen molar-refractivity contribution in [2.75, 3.05) is 10.5 Å². The zero-order valence-electron chi connectivity index (χ0n) is 10.4. The summed E-state index contributed by atoms with van der Waals surface area (Å²) in [5, 5.41) is 0. The molecule has 0 saturated carbocycles. The molecule has 2 aromatic rings. The number of sulfonamides is 1. The third-order valence-electron chi connectivity index (χ3n) is 2.49. The Morgan fingerprint density at radius 3 is 2.65 bits per heavy atom. The zero-order chi connectivity index (χ0) is 14.9. The lowest BCUT2D eigenvalue weighted by Gasteiger charge is -2.10. The van der Waals surface area contributed by atoms with Crippen molar-refractivity contribution >= 4 is 37.5 Å². The summed E-state index contributed by atoms with van der Waals surface area (Å²) >= 11 is 2.93. The van der Waals surface area contributed by atoms with E-state index in [0.717, 1.165) is 17.7 Å². The molecule has 1 aromatic carbocycles. The van der Waals surface area contributed by atoms with Crippen LogP contribution in [0.5, 0.6) is 0 Å². The van der Waals surface area contributed by atoms with Crippen LogP contribution in [0, 0.1) is 12.7 Å². The first-order valence-corrected chi connectivity index (χ1v) is 7.77. The highest BCUT2D eigenvalue weighted by Gasteiger charge is 2.20. The van der Waals surface area contributed by atoms with Gasteiger partial charge in [-0.3, -0.25) is 4.72 Å². The van der Waals surface area contributed by atoms with Crippen molar-refractivity contribution in [3.8, 4) is 0 Å². The molecule has 0 aliphatic heterocycles. The smallest absolute Gasteiger partial charge is 0.265 e. The van der Waals surface area contributed by atoms with E-state index in [1.165, 1.54) is 12.3 Å². The van der Waals surface area contributed by atoms with Gasteiger partial charge in [-0.15, -0.1) is 0 Å². The highest BCUT2D eigenvalue weighted by atomic mass is 79.9. The van der Waals surface area contributed by atoms with Gasteiger partial charge >= 0.3 is 0 Å². The number of aromatic nitrogens is 1. The summed E-state index contributed by atoms with van der Waals surface area (Å²) in [4.78, 5) is 3.73. The van der Waals surface area contributed by atoms with Gasteiger partial charge in [-0.1, -0.05) is 6.07 Å². The van der Waals surface area contributed by atoms with Crippen LogP contribution in [0.4, 0.5) is 15.9 Å². The zero-order valence-corrected chi connectivity index (χ0v) is 12.8. The van der Waals surface area contributed by atoms with Crippen LogP contribution in [0.15, 0.2) is 39.8 Å². The average Bonchev–Trinajstić information content (AvgIpc) is 2.36.